The highest BCUT2D eigenvalue weighted by molar-refractivity contribution is 5.90. The summed E-state index contributed by atoms with van der Waals surface area (Å²) in [5, 5.41) is 5.09. The molecule has 9 heteroatoms. The minimum atomic E-state index is -1.13. The van der Waals surface area contributed by atoms with Gasteiger partial charge >= 0.3 is 18.0 Å². The first kappa shape index (κ1) is 28.7. The first-order valence-electron chi connectivity index (χ1n) is 11.2. The van der Waals surface area contributed by atoms with E-state index in [1.165, 1.54) is 6.08 Å². The predicted molar refractivity (Wildman–Crippen MR) is 127 cm³/mol. The summed E-state index contributed by atoms with van der Waals surface area (Å²) in [6.45, 7) is 12.2. The molecule has 34 heavy (non-hydrogen) atoms. The fourth-order valence-corrected chi connectivity index (χ4v) is 2.81. The lowest BCUT2D eigenvalue weighted by Gasteiger charge is -2.25. The minimum Gasteiger partial charge on any atom is -0.460 e. The third-order valence-corrected chi connectivity index (χ3v) is 4.44. The van der Waals surface area contributed by atoms with Gasteiger partial charge in [0.15, 0.2) is 0 Å². The number of amides is 2. The van der Waals surface area contributed by atoms with Gasteiger partial charge in [0, 0.05) is 6.42 Å². The molecule has 2 unspecified atom stereocenters. The van der Waals surface area contributed by atoms with Gasteiger partial charge in [-0.3, -0.25) is 9.59 Å². The summed E-state index contributed by atoms with van der Waals surface area (Å²) in [5.74, 6) is -2.07. The Morgan fingerprint density at radius 1 is 1.03 bits per heavy atom. The van der Waals surface area contributed by atoms with Crippen molar-refractivity contribution in [1.29, 1.82) is 0 Å². The van der Waals surface area contributed by atoms with Crippen molar-refractivity contribution in [2.24, 2.45) is 5.92 Å². The molecule has 0 fully saturated rings. The molecule has 0 heterocycles. The molecule has 1 rings (SSSR count). The Balaban J connectivity index is 2.87. The molecule has 0 spiro atoms. The molecular weight excluding hydrogens is 440 g/mol. The summed E-state index contributed by atoms with van der Waals surface area (Å²) in [4.78, 5) is 49.8. The topological polar surface area (TPSA) is 120 Å². The predicted octanol–water partition coefficient (Wildman–Crippen LogP) is 3.27. The van der Waals surface area contributed by atoms with E-state index >= 15 is 0 Å². The third-order valence-electron chi connectivity index (χ3n) is 4.44. The molecule has 2 amide bonds. The maximum atomic E-state index is 13.0. The normalized spacial score (nSPS) is 12.8. The molecule has 0 saturated carbocycles. The van der Waals surface area contributed by atoms with Gasteiger partial charge in [-0.15, -0.1) is 0 Å². The van der Waals surface area contributed by atoms with Gasteiger partial charge in [-0.05, 0) is 38.7 Å². The summed E-state index contributed by atoms with van der Waals surface area (Å²) < 4.78 is 15.5. The van der Waals surface area contributed by atoms with Gasteiger partial charge in [-0.1, -0.05) is 56.8 Å². The van der Waals surface area contributed by atoms with E-state index < -0.39 is 41.6 Å². The van der Waals surface area contributed by atoms with Crippen molar-refractivity contribution in [3.8, 4) is 0 Å². The van der Waals surface area contributed by atoms with Gasteiger partial charge in [0.2, 0.25) is 5.91 Å². The number of ether oxygens (including phenoxy) is 3. The molecule has 1 aromatic rings. The molecule has 1 aromatic carbocycles. The Kier molecular flexibility index (Phi) is 11.8. The molecule has 9 nitrogen and oxygen atoms in total. The van der Waals surface area contributed by atoms with Crippen molar-refractivity contribution in [3.63, 3.8) is 0 Å². The van der Waals surface area contributed by atoms with Crippen LogP contribution in [0.25, 0.3) is 0 Å². The van der Waals surface area contributed by atoms with Crippen LogP contribution in [-0.2, 0) is 35.2 Å². The maximum absolute atomic E-state index is 13.0. The lowest BCUT2D eigenvalue weighted by Crippen LogP contribution is -2.53. The molecule has 188 valence electrons. The molecule has 0 aliphatic rings. The van der Waals surface area contributed by atoms with Gasteiger partial charge in [0.05, 0.1) is 0 Å². The van der Waals surface area contributed by atoms with E-state index in [4.69, 9.17) is 14.2 Å². The van der Waals surface area contributed by atoms with Crippen LogP contribution < -0.4 is 10.6 Å². The van der Waals surface area contributed by atoms with Gasteiger partial charge in [-0.2, -0.15) is 0 Å². The number of carbonyl (C=O) groups is 4. The van der Waals surface area contributed by atoms with Crippen molar-refractivity contribution in [2.45, 2.75) is 71.8 Å². The second kappa shape index (κ2) is 14.0. The standard InChI is InChI=1S/C25H36N2O7/c1-7-15-32-23(30)21(17(2)3)27-22(29)19(13-14-20(28)34-25(4,5)6)26-24(31)33-16-18-11-9-8-10-12-18/h7-12,17,19,21H,1,13-16H2,2-6H3,(H,26,31)(H,27,29). The summed E-state index contributed by atoms with van der Waals surface area (Å²) in [6, 6.07) is 6.97. The van der Waals surface area contributed by atoms with Crippen molar-refractivity contribution in [1.82, 2.24) is 10.6 Å². The van der Waals surface area contributed by atoms with Crippen LogP contribution in [-0.4, -0.2) is 48.2 Å². The number of rotatable bonds is 12. The van der Waals surface area contributed by atoms with Gasteiger partial charge in [0.1, 0.15) is 30.9 Å². The van der Waals surface area contributed by atoms with E-state index in [1.54, 1.807) is 46.8 Å². The van der Waals surface area contributed by atoms with E-state index in [2.05, 4.69) is 17.2 Å². The second-order valence-electron chi connectivity index (χ2n) is 9.03. The maximum Gasteiger partial charge on any atom is 0.408 e. The molecule has 0 bridgehead atoms. The average molecular weight is 477 g/mol. The van der Waals surface area contributed by atoms with Gasteiger partial charge in [-0.25, -0.2) is 9.59 Å². The number of hydrogen-bond acceptors (Lipinski definition) is 7. The van der Waals surface area contributed by atoms with Crippen LogP contribution in [0.15, 0.2) is 43.0 Å². The summed E-state index contributed by atoms with van der Waals surface area (Å²) in [7, 11) is 0. The molecule has 0 aliphatic carbocycles. The molecule has 0 aliphatic heterocycles. The summed E-state index contributed by atoms with van der Waals surface area (Å²) in [6.07, 6.45) is 0.420. The zero-order chi connectivity index (χ0) is 25.7. The SMILES string of the molecule is C=CCOC(=O)C(NC(=O)C(CCC(=O)OC(C)(C)C)NC(=O)OCc1ccccc1)C(C)C. The third kappa shape index (κ3) is 11.5. The first-order chi connectivity index (χ1) is 15.9. The molecular formula is C25H36N2O7. The fraction of sp³-hybridized carbons (Fsp3) is 0.520. The van der Waals surface area contributed by atoms with Gasteiger partial charge in [0.25, 0.3) is 0 Å². The fourth-order valence-electron chi connectivity index (χ4n) is 2.81. The van der Waals surface area contributed by atoms with Crippen LogP contribution in [0.5, 0.6) is 0 Å². The van der Waals surface area contributed by atoms with Crippen LogP contribution >= 0.6 is 0 Å². The molecule has 2 N–H and O–H groups in total. The van der Waals surface area contributed by atoms with E-state index in [1.807, 2.05) is 18.2 Å². The molecule has 0 saturated heterocycles. The number of esters is 2. The van der Waals surface area contributed by atoms with Crippen LogP contribution in [0.2, 0.25) is 0 Å². The van der Waals surface area contributed by atoms with Crippen LogP contribution in [0.4, 0.5) is 4.79 Å². The molecule has 2 atom stereocenters. The van der Waals surface area contributed by atoms with E-state index in [9.17, 15) is 19.2 Å². The van der Waals surface area contributed by atoms with Crippen molar-refractivity contribution in [2.75, 3.05) is 6.61 Å². The van der Waals surface area contributed by atoms with Crippen molar-refractivity contribution in [3.05, 3.63) is 48.6 Å². The van der Waals surface area contributed by atoms with Crippen LogP contribution in [0.1, 0.15) is 53.0 Å². The largest absolute Gasteiger partial charge is 0.460 e. The van der Waals surface area contributed by atoms with E-state index in [0.717, 1.165) is 5.56 Å². The van der Waals surface area contributed by atoms with E-state index in [0.29, 0.717) is 0 Å². The zero-order valence-electron chi connectivity index (χ0n) is 20.6. The van der Waals surface area contributed by atoms with E-state index in [-0.39, 0.29) is 32.0 Å². The quantitative estimate of drug-likeness (QED) is 0.270. The summed E-state index contributed by atoms with van der Waals surface area (Å²) >= 11 is 0. The Morgan fingerprint density at radius 2 is 1.68 bits per heavy atom. The summed E-state index contributed by atoms with van der Waals surface area (Å²) in [5.41, 5.74) is 0.0892. The van der Waals surface area contributed by atoms with Crippen LogP contribution in [0, 0.1) is 5.92 Å². The Morgan fingerprint density at radius 3 is 2.24 bits per heavy atom. The monoisotopic (exact) mass is 476 g/mol. The van der Waals surface area contributed by atoms with Crippen molar-refractivity contribution >= 4 is 23.9 Å². The number of carbonyl (C=O) groups excluding carboxylic acids is 4. The smallest absolute Gasteiger partial charge is 0.408 e. The van der Waals surface area contributed by atoms with Gasteiger partial charge < -0.3 is 24.8 Å². The Hall–Kier alpha value is -3.36. The highest BCUT2D eigenvalue weighted by Crippen LogP contribution is 2.12. The zero-order valence-corrected chi connectivity index (χ0v) is 20.6. The highest BCUT2D eigenvalue weighted by Gasteiger charge is 2.30. The average Bonchev–Trinajstić information content (AvgIpc) is 2.76. The number of hydrogen-bond donors (Lipinski definition) is 2. The molecule has 0 radical (unpaired) electrons. The highest BCUT2D eigenvalue weighted by atomic mass is 16.6. The van der Waals surface area contributed by atoms with Crippen molar-refractivity contribution < 1.29 is 33.4 Å². The lowest BCUT2D eigenvalue weighted by molar-refractivity contribution is -0.155. The first-order valence-corrected chi connectivity index (χ1v) is 11.2. The Bertz CT molecular complexity index is 831. The second-order valence-corrected chi connectivity index (χ2v) is 9.03. The minimum absolute atomic E-state index is 0.00403. The lowest BCUT2D eigenvalue weighted by atomic mass is 10.0. The number of alkyl carbamates (subject to hydrolysis) is 1. The number of benzene rings is 1. The molecule has 0 aromatic heterocycles. The van der Waals surface area contributed by atoms with Crippen LogP contribution in [0.3, 0.4) is 0 Å². The Labute approximate surface area is 201 Å². The number of nitrogens with one attached hydrogen (secondary N) is 2.